The monoisotopic (exact) mass is 462 g/mol. The number of esters is 1. The van der Waals surface area contributed by atoms with Crippen molar-refractivity contribution in [2.45, 2.75) is 52.4 Å². The summed E-state index contributed by atoms with van der Waals surface area (Å²) < 4.78 is 28.5. The Kier molecular flexibility index (Phi) is 7.26. The molecule has 0 aliphatic carbocycles. The molecule has 1 saturated heterocycles. The first-order chi connectivity index (χ1) is 15.0. The molecule has 3 rings (SSSR count). The normalized spacial score (nSPS) is 16.5. The second-order valence-electron chi connectivity index (χ2n) is 8.88. The smallest absolute Gasteiger partial charge is 0.339 e. The molecule has 0 spiro atoms. The summed E-state index contributed by atoms with van der Waals surface area (Å²) in [7, 11) is 0. The highest BCUT2D eigenvalue weighted by Gasteiger charge is 2.28. The Labute approximate surface area is 190 Å². The van der Waals surface area contributed by atoms with Crippen LogP contribution >= 0.6 is 0 Å². The van der Waals surface area contributed by atoms with Crippen LogP contribution in [-0.4, -0.2) is 62.8 Å². The Morgan fingerprint density at radius 3 is 2.53 bits per heavy atom. The molecule has 0 saturated carbocycles. The highest BCUT2D eigenvalue weighted by molar-refractivity contribution is 7.91. The van der Waals surface area contributed by atoms with Crippen molar-refractivity contribution in [1.82, 2.24) is 9.38 Å². The van der Waals surface area contributed by atoms with E-state index in [0.29, 0.717) is 49.0 Å². The van der Waals surface area contributed by atoms with Crippen molar-refractivity contribution in [3.05, 3.63) is 39.8 Å². The highest BCUT2D eigenvalue weighted by Crippen LogP contribution is 2.22. The van der Waals surface area contributed by atoms with Gasteiger partial charge in [0.25, 0.3) is 5.56 Å². The van der Waals surface area contributed by atoms with Crippen molar-refractivity contribution in [3.63, 3.8) is 0 Å². The lowest BCUT2D eigenvalue weighted by Crippen LogP contribution is -2.37. The van der Waals surface area contributed by atoms with Crippen LogP contribution in [0.2, 0.25) is 0 Å². The van der Waals surface area contributed by atoms with Crippen molar-refractivity contribution in [2.24, 2.45) is 4.40 Å². The second kappa shape index (κ2) is 9.60. The van der Waals surface area contributed by atoms with Gasteiger partial charge in [0, 0.05) is 30.9 Å². The maximum Gasteiger partial charge on any atom is 0.339 e. The Balaban J connectivity index is 2.21. The zero-order chi connectivity index (χ0) is 23.6. The molecule has 0 N–H and O–H groups in total. The predicted molar refractivity (Wildman–Crippen MR) is 125 cm³/mol. The number of aromatic nitrogens is 2. The molecule has 9 nitrogen and oxygen atoms in total. The van der Waals surface area contributed by atoms with Gasteiger partial charge in [0.05, 0.1) is 30.6 Å². The van der Waals surface area contributed by atoms with Gasteiger partial charge in [-0.15, -0.1) is 0 Å². The molecule has 1 fully saturated rings. The van der Waals surface area contributed by atoms with Gasteiger partial charge in [0.1, 0.15) is 21.9 Å². The Morgan fingerprint density at radius 2 is 1.94 bits per heavy atom. The van der Waals surface area contributed by atoms with E-state index in [-0.39, 0.29) is 17.2 Å². The van der Waals surface area contributed by atoms with E-state index in [4.69, 9.17) is 14.5 Å². The van der Waals surface area contributed by atoms with Crippen LogP contribution in [0, 0.1) is 0 Å². The lowest BCUT2D eigenvalue weighted by Gasteiger charge is -2.28. The fourth-order valence-electron chi connectivity index (χ4n) is 3.12. The summed E-state index contributed by atoms with van der Waals surface area (Å²) >= 11 is -1.52. The summed E-state index contributed by atoms with van der Waals surface area (Å²) in [6, 6.07) is 3.04. The fourth-order valence-corrected chi connectivity index (χ4v) is 3.74. The third-order valence-corrected chi connectivity index (χ3v) is 6.28. The molecule has 32 heavy (non-hydrogen) atoms. The first kappa shape index (κ1) is 24.2. The van der Waals surface area contributed by atoms with Crippen LogP contribution in [0.3, 0.4) is 0 Å². The number of hydrogen-bond donors (Lipinski definition) is 0. The van der Waals surface area contributed by atoms with Crippen LogP contribution in [0.4, 0.5) is 5.82 Å². The number of carbonyl (C=O) groups is 1. The van der Waals surface area contributed by atoms with Gasteiger partial charge in [-0.3, -0.25) is 9.20 Å². The zero-order valence-corrected chi connectivity index (χ0v) is 20.2. The molecule has 0 amide bonds. The largest absolute Gasteiger partial charge is 0.591 e. The molecule has 0 aromatic carbocycles. The molecule has 2 aromatic heterocycles. The third-order valence-electron chi connectivity index (χ3n) is 4.79. The average molecular weight is 463 g/mol. The van der Waals surface area contributed by atoms with Crippen LogP contribution in [-0.2, 0) is 20.8 Å². The van der Waals surface area contributed by atoms with Gasteiger partial charge in [-0.2, -0.15) is 0 Å². The number of fused-ring (bicyclic) bond motifs is 1. The third kappa shape index (κ3) is 5.48. The molecule has 1 atom stereocenters. The van der Waals surface area contributed by atoms with E-state index in [1.165, 1.54) is 16.7 Å². The average Bonchev–Trinajstić information content (AvgIpc) is 2.72. The van der Waals surface area contributed by atoms with E-state index < -0.39 is 22.1 Å². The molecule has 1 aliphatic heterocycles. The van der Waals surface area contributed by atoms with Crippen LogP contribution < -0.4 is 10.5 Å². The van der Waals surface area contributed by atoms with Crippen LogP contribution in [0.1, 0.15) is 57.5 Å². The van der Waals surface area contributed by atoms with Crippen molar-refractivity contribution in [1.29, 1.82) is 0 Å². The van der Waals surface area contributed by atoms with Gasteiger partial charge >= 0.3 is 5.97 Å². The lowest BCUT2D eigenvalue weighted by atomic mass is 10.1. The number of pyridine rings is 1. The number of morpholine rings is 1. The predicted octanol–water partition coefficient (Wildman–Crippen LogP) is 2.37. The van der Waals surface area contributed by atoms with E-state index >= 15 is 0 Å². The zero-order valence-electron chi connectivity index (χ0n) is 19.4. The molecule has 1 unspecified atom stereocenters. The van der Waals surface area contributed by atoms with Gasteiger partial charge in [-0.25, -0.2) is 9.78 Å². The Hall–Kier alpha value is -2.43. The number of anilines is 1. The minimum atomic E-state index is -1.52. The van der Waals surface area contributed by atoms with Crippen LogP contribution in [0.25, 0.3) is 5.65 Å². The standard InChI is InChI=1S/C22H30N4O5S/c1-14(2)31-21(28)16-11-17(15(3)24-32(29)22(4,5)6)20-23-18(12-19(27)26(20)13-16)25-7-9-30-10-8-25/h11-14H,7-10H2,1-6H3. The number of hydrogen-bond acceptors (Lipinski definition) is 8. The van der Waals surface area contributed by atoms with E-state index in [1.807, 2.05) is 25.7 Å². The van der Waals surface area contributed by atoms with E-state index in [9.17, 15) is 14.1 Å². The van der Waals surface area contributed by atoms with E-state index in [2.05, 4.69) is 4.40 Å². The molecule has 1 aliphatic rings. The van der Waals surface area contributed by atoms with Crippen LogP contribution in [0.5, 0.6) is 0 Å². The summed E-state index contributed by atoms with van der Waals surface area (Å²) in [5, 5.41) is 0. The fraction of sp³-hybridized carbons (Fsp3) is 0.545. The molecule has 2 aromatic rings. The van der Waals surface area contributed by atoms with Gasteiger partial charge in [0.2, 0.25) is 0 Å². The highest BCUT2D eigenvalue weighted by atomic mass is 32.2. The van der Waals surface area contributed by atoms with Crippen LogP contribution in [0.15, 0.2) is 27.5 Å². The molecule has 10 heteroatoms. The number of rotatable bonds is 5. The first-order valence-electron chi connectivity index (χ1n) is 10.6. The summed E-state index contributed by atoms with van der Waals surface area (Å²) in [5.41, 5.74) is 1.07. The molecular formula is C22H30N4O5S. The van der Waals surface area contributed by atoms with Gasteiger partial charge in [-0.05, 0) is 47.6 Å². The summed E-state index contributed by atoms with van der Waals surface area (Å²) in [6.07, 6.45) is 1.11. The van der Waals surface area contributed by atoms with E-state index in [1.54, 1.807) is 26.8 Å². The summed E-state index contributed by atoms with van der Waals surface area (Å²) in [5.74, 6) is -0.0288. The maximum atomic E-state index is 13.0. The maximum absolute atomic E-state index is 13.0. The molecule has 174 valence electrons. The Morgan fingerprint density at radius 1 is 1.28 bits per heavy atom. The topological polar surface area (TPSA) is 109 Å². The Bertz CT molecular complexity index is 1080. The molecular weight excluding hydrogens is 432 g/mol. The SMILES string of the molecule is CC(=N[S+]([O-])C(C)(C)C)c1cc(C(=O)OC(C)C)cn2c(=O)cc(N3CCOCC3)nc12. The minimum absolute atomic E-state index is 0.195. The van der Waals surface area contributed by atoms with Crippen molar-refractivity contribution >= 4 is 34.5 Å². The first-order valence-corrected chi connectivity index (χ1v) is 11.7. The lowest BCUT2D eigenvalue weighted by molar-refractivity contribution is 0.0377. The van der Waals surface area contributed by atoms with Crippen molar-refractivity contribution in [3.8, 4) is 0 Å². The molecule has 0 radical (unpaired) electrons. The number of nitrogens with zero attached hydrogens (tertiary/aromatic N) is 4. The number of ether oxygens (including phenoxy) is 2. The summed E-state index contributed by atoms with van der Waals surface area (Å²) in [4.78, 5) is 32.3. The summed E-state index contributed by atoms with van der Waals surface area (Å²) in [6.45, 7) is 13.0. The second-order valence-corrected chi connectivity index (χ2v) is 10.8. The quantitative estimate of drug-likeness (QED) is 0.381. The minimum Gasteiger partial charge on any atom is -0.591 e. The van der Waals surface area contributed by atoms with Gasteiger partial charge < -0.3 is 18.9 Å². The molecule has 3 heterocycles. The van der Waals surface area contributed by atoms with E-state index in [0.717, 1.165) is 0 Å². The van der Waals surface area contributed by atoms with Crippen molar-refractivity contribution < 1.29 is 18.8 Å². The van der Waals surface area contributed by atoms with Crippen molar-refractivity contribution in [2.75, 3.05) is 31.2 Å². The molecule has 0 bridgehead atoms. The van der Waals surface area contributed by atoms with Gasteiger partial charge in [-0.1, -0.05) is 4.40 Å². The van der Waals surface area contributed by atoms with Gasteiger partial charge in [0.15, 0.2) is 5.65 Å². The number of carbonyl (C=O) groups excluding carboxylic acids is 1.